The molecule has 2 rings (SSSR count). The summed E-state index contributed by atoms with van der Waals surface area (Å²) in [4.78, 5) is 0. The number of aromatic nitrogens is 2. The molecule has 0 spiro atoms. The van der Waals surface area contributed by atoms with Crippen molar-refractivity contribution in [2.45, 2.75) is 33.6 Å². The molecule has 96 valence electrons. The molecule has 1 aromatic carbocycles. The first-order chi connectivity index (χ1) is 8.41. The van der Waals surface area contributed by atoms with Gasteiger partial charge in [0.05, 0.1) is 5.69 Å². The zero-order valence-electron chi connectivity index (χ0n) is 11.8. The Morgan fingerprint density at radius 2 is 1.89 bits per heavy atom. The predicted octanol–water partition coefficient (Wildman–Crippen LogP) is 3.41. The van der Waals surface area contributed by atoms with Crippen LogP contribution in [0, 0.1) is 13.8 Å². The first-order valence-electron chi connectivity index (χ1n) is 6.31. The van der Waals surface area contributed by atoms with Crippen molar-refractivity contribution in [3.8, 4) is 11.1 Å². The van der Waals surface area contributed by atoms with Crippen LogP contribution in [0.25, 0.3) is 11.1 Å². The van der Waals surface area contributed by atoms with Crippen LogP contribution in [0.1, 0.15) is 36.6 Å². The number of nitrogens with zero attached hydrogens (tertiary/aromatic N) is 2. The second kappa shape index (κ2) is 4.48. The smallest absolute Gasteiger partial charge is 0.129 e. The highest BCUT2D eigenvalue weighted by Crippen LogP contribution is 2.35. The summed E-state index contributed by atoms with van der Waals surface area (Å²) in [6.45, 7) is 8.52. The van der Waals surface area contributed by atoms with Gasteiger partial charge in [0, 0.05) is 12.6 Å². The van der Waals surface area contributed by atoms with Crippen molar-refractivity contribution in [3.63, 3.8) is 0 Å². The van der Waals surface area contributed by atoms with Gasteiger partial charge in [0.2, 0.25) is 0 Å². The molecule has 0 radical (unpaired) electrons. The van der Waals surface area contributed by atoms with Crippen molar-refractivity contribution in [1.82, 2.24) is 9.78 Å². The molecule has 0 aliphatic heterocycles. The van der Waals surface area contributed by atoms with Crippen LogP contribution in [-0.4, -0.2) is 9.78 Å². The van der Waals surface area contributed by atoms with Crippen LogP contribution in [0.15, 0.2) is 18.2 Å². The van der Waals surface area contributed by atoms with E-state index in [1.165, 1.54) is 16.7 Å². The summed E-state index contributed by atoms with van der Waals surface area (Å²) in [5.41, 5.74) is 12.0. The maximum atomic E-state index is 6.18. The van der Waals surface area contributed by atoms with Crippen LogP contribution >= 0.6 is 0 Å². The number of rotatable bonds is 2. The van der Waals surface area contributed by atoms with Gasteiger partial charge in [0.15, 0.2) is 0 Å². The molecule has 1 heterocycles. The quantitative estimate of drug-likeness (QED) is 0.878. The Hall–Kier alpha value is -1.77. The highest BCUT2D eigenvalue weighted by Gasteiger charge is 2.19. The Balaban J connectivity index is 2.70. The maximum absolute atomic E-state index is 6.18. The van der Waals surface area contributed by atoms with Gasteiger partial charge in [0.1, 0.15) is 5.82 Å². The molecule has 0 amide bonds. The van der Waals surface area contributed by atoms with E-state index in [1.54, 1.807) is 4.68 Å². The third-order valence-corrected chi connectivity index (χ3v) is 3.32. The van der Waals surface area contributed by atoms with Gasteiger partial charge in [-0.25, -0.2) is 0 Å². The minimum absolute atomic E-state index is 0.365. The van der Waals surface area contributed by atoms with E-state index in [-0.39, 0.29) is 0 Å². The largest absolute Gasteiger partial charge is 0.383 e. The van der Waals surface area contributed by atoms with E-state index in [1.807, 2.05) is 7.05 Å². The van der Waals surface area contributed by atoms with Crippen LogP contribution in [0.2, 0.25) is 0 Å². The van der Waals surface area contributed by atoms with E-state index >= 15 is 0 Å². The number of hydrogen-bond donors (Lipinski definition) is 1. The summed E-state index contributed by atoms with van der Waals surface area (Å²) in [5.74, 6) is 1.11. The standard InChI is InChI=1S/C15H21N3/c1-9(2)14-13(15(16)18(5)17-14)12-7-6-10(3)8-11(12)4/h6-9H,16H2,1-5H3. The molecule has 0 fully saturated rings. The van der Waals surface area contributed by atoms with Gasteiger partial charge in [-0.15, -0.1) is 0 Å². The maximum Gasteiger partial charge on any atom is 0.129 e. The fourth-order valence-corrected chi connectivity index (χ4v) is 2.33. The first kappa shape index (κ1) is 12.7. The van der Waals surface area contributed by atoms with E-state index in [0.29, 0.717) is 5.92 Å². The van der Waals surface area contributed by atoms with Crippen LogP contribution in [0.5, 0.6) is 0 Å². The molecule has 0 aliphatic rings. The molecule has 1 aromatic heterocycles. The summed E-state index contributed by atoms with van der Waals surface area (Å²) in [6.07, 6.45) is 0. The van der Waals surface area contributed by atoms with Crippen LogP contribution < -0.4 is 5.73 Å². The fraction of sp³-hybridized carbons (Fsp3) is 0.400. The van der Waals surface area contributed by atoms with Crippen LogP contribution in [0.3, 0.4) is 0 Å². The van der Waals surface area contributed by atoms with Crippen molar-refractivity contribution < 1.29 is 0 Å². The lowest BCUT2D eigenvalue weighted by Gasteiger charge is -2.10. The Kier molecular flexibility index (Phi) is 3.16. The predicted molar refractivity (Wildman–Crippen MR) is 76.6 cm³/mol. The average Bonchev–Trinajstić information content (AvgIpc) is 2.57. The summed E-state index contributed by atoms with van der Waals surface area (Å²) in [6, 6.07) is 6.45. The Morgan fingerprint density at radius 1 is 1.22 bits per heavy atom. The molecule has 3 heteroatoms. The fourth-order valence-electron chi connectivity index (χ4n) is 2.33. The molecule has 18 heavy (non-hydrogen) atoms. The van der Waals surface area contributed by atoms with Gasteiger partial charge in [-0.3, -0.25) is 4.68 Å². The number of anilines is 1. The molecule has 0 saturated carbocycles. The molecule has 0 unspecified atom stereocenters. The van der Waals surface area contributed by atoms with Crippen LogP contribution in [-0.2, 0) is 7.05 Å². The van der Waals surface area contributed by atoms with Gasteiger partial charge in [-0.05, 0) is 30.9 Å². The lowest BCUT2D eigenvalue weighted by Crippen LogP contribution is -1.98. The molecular weight excluding hydrogens is 222 g/mol. The average molecular weight is 243 g/mol. The lowest BCUT2D eigenvalue weighted by molar-refractivity contribution is 0.719. The summed E-state index contributed by atoms with van der Waals surface area (Å²) in [5, 5.41) is 4.54. The monoisotopic (exact) mass is 243 g/mol. The summed E-state index contributed by atoms with van der Waals surface area (Å²) < 4.78 is 1.77. The van der Waals surface area contributed by atoms with Crippen LogP contribution in [0.4, 0.5) is 5.82 Å². The van der Waals surface area contributed by atoms with Gasteiger partial charge < -0.3 is 5.73 Å². The molecule has 0 bridgehead atoms. The number of nitrogens with two attached hydrogens (primary N) is 1. The second-order valence-corrected chi connectivity index (χ2v) is 5.24. The van der Waals surface area contributed by atoms with Crippen molar-refractivity contribution >= 4 is 5.82 Å². The normalized spacial score (nSPS) is 11.2. The zero-order chi connectivity index (χ0) is 13.4. The van der Waals surface area contributed by atoms with Crippen molar-refractivity contribution in [2.75, 3.05) is 5.73 Å². The zero-order valence-corrected chi connectivity index (χ0v) is 11.8. The number of nitrogen functional groups attached to an aromatic ring is 1. The van der Waals surface area contributed by atoms with E-state index in [4.69, 9.17) is 5.73 Å². The van der Waals surface area contributed by atoms with Crippen molar-refractivity contribution in [2.24, 2.45) is 7.05 Å². The Bertz CT molecular complexity index is 580. The molecule has 3 nitrogen and oxygen atoms in total. The molecule has 2 aromatic rings. The van der Waals surface area contributed by atoms with E-state index in [9.17, 15) is 0 Å². The van der Waals surface area contributed by atoms with Gasteiger partial charge >= 0.3 is 0 Å². The molecule has 0 aliphatic carbocycles. The van der Waals surface area contributed by atoms with E-state index < -0.39 is 0 Å². The molecular formula is C15H21N3. The third kappa shape index (κ3) is 2.01. The first-order valence-corrected chi connectivity index (χ1v) is 6.31. The number of hydrogen-bond acceptors (Lipinski definition) is 2. The number of benzene rings is 1. The highest BCUT2D eigenvalue weighted by atomic mass is 15.3. The van der Waals surface area contributed by atoms with Crippen molar-refractivity contribution in [1.29, 1.82) is 0 Å². The Labute approximate surface area is 109 Å². The third-order valence-electron chi connectivity index (χ3n) is 3.32. The minimum Gasteiger partial charge on any atom is -0.383 e. The Morgan fingerprint density at radius 3 is 2.44 bits per heavy atom. The van der Waals surface area contributed by atoms with E-state index in [2.05, 4.69) is 51.0 Å². The summed E-state index contributed by atoms with van der Waals surface area (Å²) >= 11 is 0. The summed E-state index contributed by atoms with van der Waals surface area (Å²) in [7, 11) is 1.90. The van der Waals surface area contributed by atoms with Gasteiger partial charge in [-0.2, -0.15) is 5.10 Å². The SMILES string of the molecule is Cc1ccc(-c2c(C(C)C)nn(C)c2N)c(C)c1. The van der Waals surface area contributed by atoms with E-state index in [0.717, 1.165) is 17.1 Å². The van der Waals surface area contributed by atoms with Gasteiger partial charge in [0.25, 0.3) is 0 Å². The lowest BCUT2D eigenvalue weighted by atomic mass is 9.95. The highest BCUT2D eigenvalue weighted by molar-refractivity contribution is 5.79. The van der Waals surface area contributed by atoms with Gasteiger partial charge in [-0.1, -0.05) is 37.6 Å². The minimum atomic E-state index is 0.365. The molecule has 0 saturated heterocycles. The molecule has 2 N–H and O–H groups in total. The molecule has 0 atom stereocenters. The number of aryl methyl sites for hydroxylation is 3. The second-order valence-electron chi connectivity index (χ2n) is 5.24. The topological polar surface area (TPSA) is 43.8 Å². The van der Waals surface area contributed by atoms with Crippen molar-refractivity contribution in [3.05, 3.63) is 35.0 Å².